The van der Waals surface area contributed by atoms with Crippen LogP contribution in [0.25, 0.3) is 0 Å². The highest BCUT2D eigenvalue weighted by atomic mass is 32.2. The molecule has 1 aliphatic heterocycles. The molecule has 2 N–H and O–H groups in total. The van der Waals surface area contributed by atoms with Crippen molar-refractivity contribution in [3.63, 3.8) is 0 Å². The Balaban J connectivity index is 1.95. The van der Waals surface area contributed by atoms with Gasteiger partial charge in [0.25, 0.3) is 0 Å². The second-order valence-electron chi connectivity index (χ2n) is 6.66. The van der Waals surface area contributed by atoms with Gasteiger partial charge in [0.15, 0.2) is 9.84 Å². The van der Waals surface area contributed by atoms with E-state index in [1.54, 1.807) is 6.07 Å². The maximum Gasteiger partial charge on any atom is 0.237 e. The van der Waals surface area contributed by atoms with Gasteiger partial charge in [-0.2, -0.15) is 0 Å². The summed E-state index contributed by atoms with van der Waals surface area (Å²) >= 11 is 0. The molecular weight excluding hydrogens is 390 g/mol. The lowest BCUT2D eigenvalue weighted by atomic mass is 9.86. The quantitative estimate of drug-likeness (QED) is 0.759. The molecule has 9 heteroatoms. The molecule has 0 saturated carbocycles. The summed E-state index contributed by atoms with van der Waals surface area (Å²) in [6.07, 6.45) is 1.000. The minimum atomic E-state index is -3.62. The first-order valence-corrected chi connectivity index (χ1v) is 10.3. The largest absolute Gasteiger partial charge is 0.355 e. The molecule has 0 bridgehead atoms. The molecule has 1 fully saturated rings. The first kappa shape index (κ1) is 19.9. The van der Waals surface area contributed by atoms with Crippen LogP contribution in [0.4, 0.5) is 14.5 Å². The Hall–Kier alpha value is -2.81. The van der Waals surface area contributed by atoms with Gasteiger partial charge in [0, 0.05) is 24.3 Å². The lowest BCUT2D eigenvalue weighted by Crippen LogP contribution is -2.32. The standard InChI is InChI=1S/C19H18F2N2O4S/c1-10-13(20)8-7-11(17(10)21)12-9-22-18(24)16(12)19(25)23-14-5-3-4-6-15(14)28(2,26)27/h3-8,12,16H,9H2,1-2H3,(H,22,24)(H,23,25)/t12-,16-/m1/s1. The molecule has 2 atom stereocenters. The second-order valence-corrected chi connectivity index (χ2v) is 8.65. The first-order chi connectivity index (χ1) is 13.1. The van der Waals surface area contributed by atoms with Gasteiger partial charge in [-0.15, -0.1) is 0 Å². The van der Waals surface area contributed by atoms with Gasteiger partial charge in [0.05, 0.1) is 10.6 Å². The lowest BCUT2D eigenvalue weighted by Gasteiger charge is -2.19. The molecule has 2 amide bonds. The zero-order chi connectivity index (χ0) is 20.6. The highest BCUT2D eigenvalue weighted by molar-refractivity contribution is 7.90. The SMILES string of the molecule is Cc1c(F)ccc([C@H]2CNC(=O)[C@@H]2C(=O)Nc2ccccc2S(C)(=O)=O)c1F. The number of rotatable bonds is 4. The molecule has 28 heavy (non-hydrogen) atoms. The van der Waals surface area contributed by atoms with Crippen LogP contribution in [0.15, 0.2) is 41.3 Å². The molecule has 148 valence electrons. The molecule has 0 spiro atoms. The number of carbonyl (C=O) groups excluding carboxylic acids is 2. The van der Waals surface area contributed by atoms with Gasteiger partial charge in [-0.05, 0) is 30.7 Å². The third-order valence-electron chi connectivity index (χ3n) is 4.76. The van der Waals surface area contributed by atoms with E-state index in [9.17, 15) is 26.8 Å². The van der Waals surface area contributed by atoms with E-state index in [1.807, 2.05) is 0 Å². The maximum absolute atomic E-state index is 14.5. The lowest BCUT2D eigenvalue weighted by molar-refractivity contribution is -0.130. The van der Waals surface area contributed by atoms with Crippen LogP contribution >= 0.6 is 0 Å². The molecule has 1 heterocycles. The van der Waals surface area contributed by atoms with Crippen LogP contribution in [-0.4, -0.2) is 33.0 Å². The van der Waals surface area contributed by atoms with Crippen LogP contribution in [0.3, 0.4) is 0 Å². The van der Waals surface area contributed by atoms with Crippen LogP contribution in [0.2, 0.25) is 0 Å². The summed E-state index contributed by atoms with van der Waals surface area (Å²) in [5.41, 5.74) is -0.114. The zero-order valence-electron chi connectivity index (χ0n) is 15.1. The highest BCUT2D eigenvalue weighted by Crippen LogP contribution is 2.34. The third kappa shape index (κ3) is 3.62. The van der Waals surface area contributed by atoms with Crippen molar-refractivity contribution in [2.45, 2.75) is 17.7 Å². The molecule has 0 aliphatic carbocycles. The molecule has 0 aromatic heterocycles. The molecule has 0 unspecified atom stereocenters. The van der Waals surface area contributed by atoms with Gasteiger partial charge < -0.3 is 10.6 Å². The normalized spacial score (nSPS) is 19.4. The number of nitrogens with one attached hydrogen (secondary N) is 2. The Morgan fingerprint density at radius 3 is 2.54 bits per heavy atom. The Labute approximate surface area is 160 Å². The number of hydrogen-bond acceptors (Lipinski definition) is 4. The average Bonchev–Trinajstić information content (AvgIpc) is 3.01. The fraction of sp³-hybridized carbons (Fsp3) is 0.263. The predicted octanol–water partition coefficient (Wildman–Crippen LogP) is 2.15. The number of sulfone groups is 1. The topological polar surface area (TPSA) is 92.3 Å². The minimum absolute atomic E-state index is 0.00658. The average molecular weight is 408 g/mol. The number of para-hydroxylation sites is 1. The molecule has 1 saturated heterocycles. The Kier molecular flexibility index (Phi) is 5.20. The maximum atomic E-state index is 14.5. The molecule has 2 aromatic rings. The Morgan fingerprint density at radius 1 is 1.18 bits per heavy atom. The summed E-state index contributed by atoms with van der Waals surface area (Å²) in [6, 6.07) is 8.09. The van der Waals surface area contributed by atoms with Crippen molar-refractivity contribution in [2.75, 3.05) is 18.1 Å². The van der Waals surface area contributed by atoms with Gasteiger partial charge in [0.2, 0.25) is 11.8 Å². The van der Waals surface area contributed by atoms with E-state index in [2.05, 4.69) is 10.6 Å². The smallest absolute Gasteiger partial charge is 0.237 e. The van der Waals surface area contributed by atoms with Gasteiger partial charge in [-0.25, -0.2) is 17.2 Å². The number of anilines is 1. The van der Waals surface area contributed by atoms with Crippen molar-refractivity contribution in [2.24, 2.45) is 5.92 Å². The highest BCUT2D eigenvalue weighted by Gasteiger charge is 2.42. The van der Waals surface area contributed by atoms with E-state index in [4.69, 9.17) is 0 Å². The number of benzene rings is 2. The fourth-order valence-corrected chi connectivity index (χ4v) is 4.13. The zero-order valence-corrected chi connectivity index (χ0v) is 15.9. The number of halogens is 2. The van der Waals surface area contributed by atoms with Crippen molar-refractivity contribution in [3.05, 3.63) is 59.2 Å². The third-order valence-corrected chi connectivity index (χ3v) is 5.91. The fourth-order valence-electron chi connectivity index (χ4n) is 3.28. The van der Waals surface area contributed by atoms with Crippen molar-refractivity contribution in [1.82, 2.24) is 5.32 Å². The Morgan fingerprint density at radius 2 is 1.86 bits per heavy atom. The summed E-state index contributed by atoms with van der Waals surface area (Å²) in [6.45, 7) is 1.28. The van der Waals surface area contributed by atoms with E-state index in [0.717, 1.165) is 12.3 Å². The summed E-state index contributed by atoms with van der Waals surface area (Å²) in [7, 11) is -3.62. The van der Waals surface area contributed by atoms with Gasteiger partial charge in [-0.3, -0.25) is 9.59 Å². The number of carbonyl (C=O) groups is 2. The van der Waals surface area contributed by atoms with E-state index < -0.39 is 45.1 Å². The molecular formula is C19H18F2N2O4S. The van der Waals surface area contributed by atoms with Crippen LogP contribution in [-0.2, 0) is 19.4 Å². The van der Waals surface area contributed by atoms with Crippen LogP contribution < -0.4 is 10.6 Å². The van der Waals surface area contributed by atoms with Gasteiger partial charge >= 0.3 is 0 Å². The van der Waals surface area contributed by atoms with E-state index >= 15 is 0 Å². The van der Waals surface area contributed by atoms with Gasteiger partial charge in [0.1, 0.15) is 17.6 Å². The molecule has 6 nitrogen and oxygen atoms in total. The molecule has 1 aliphatic rings. The predicted molar refractivity (Wildman–Crippen MR) is 98.5 cm³/mol. The van der Waals surface area contributed by atoms with Crippen molar-refractivity contribution in [1.29, 1.82) is 0 Å². The summed E-state index contributed by atoms with van der Waals surface area (Å²) < 4.78 is 51.9. The van der Waals surface area contributed by atoms with Crippen molar-refractivity contribution >= 4 is 27.3 Å². The second kappa shape index (κ2) is 7.31. The van der Waals surface area contributed by atoms with E-state index in [-0.39, 0.29) is 28.3 Å². The summed E-state index contributed by atoms with van der Waals surface area (Å²) in [5.74, 6) is -5.04. The van der Waals surface area contributed by atoms with E-state index in [1.165, 1.54) is 31.2 Å². The Bertz CT molecular complexity index is 1070. The van der Waals surface area contributed by atoms with Crippen LogP contribution in [0.1, 0.15) is 17.0 Å². The summed E-state index contributed by atoms with van der Waals surface area (Å²) in [4.78, 5) is 24.9. The van der Waals surface area contributed by atoms with Gasteiger partial charge in [-0.1, -0.05) is 18.2 Å². The van der Waals surface area contributed by atoms with Crippen LogP contribution in [0.5, 0.6) is 0 Å². The summed E-state index contributed by atoms with van der Waals surface area (Å²) in [5, 5.41) is 4.97. The van der Waals surface area contributed by atoms with Crippen molar-refractivity contribution < 1.29 is 26.8 Å². The minimum Gasteiger partial charge on any atom is -0.355 e. The molecule has 3 rings (SSSR count). The van der Waals surface area contributed by atoms with E-state index in [0.29, 0.717) is 0 Å². The number of hydrogen-bond donors (Lipinski definition) is 2. The first-order valence-electron chi connectivity index (χ1n) is 8.43. The molecule has 2 aromatic carbocycles. The van der Waals surface area contributed by atoms with Crippen LogP contribution in [0, 0.1) is 24.5 Å². The number of amides is 2. The molecule has 0 radical (unpaired) electrons. The van der Waals surface area contributed by atoms with Crippen molar-refractivity contribution in [3.8, 4) is 0 Å². The monoisotopic (exact) mass is 408 g/mol.